The molecule has 0 saturated heterocycles. The van der Waals surface area contributed by atoms with Crippen molar-refractivity contribution in [2.75, 3.05) is 6.54 Å². The first-order valence-corrected chi connectivity index (χ1v) is 8.39. The van der Waals surface area contributed by atoms with Crippen molar-refractivity contribution in [2.45, 2.75) is 19.0 Å². The van der Waals surface area contributed by atoms with Crippen LogP contribution in [0.2, 0.25) is 5.02 Å². The van der Waals surface area contributed by atoms with Crippen molar-refractivity contribution in [3.63, 3.8) is 0 Å². The summed E-state index contributed by atoms with van der Waals surface area (Å²) in [5.74, 6) is -0.133. The summed E-state index contributed by atoms with van der Waals surface area (Å²) in [7, 11) is 0. The number of carbonyl (C=O) groups excluding carboxylic acids is 1. The molecule has 0 atom stereocenters. The Morgan fingerprint density at radius 1 is 1.22 bits per heavy atom. The lowest BCUT2D eigenvalue weighted by molar-refractivity contribution is -0.137. The van der Waals surface area contributed by atoms with E-state index in [0.717, 1.165) is 17.8 Å². The van der Waals surface area contributed by atoms with Crippen molar-refractivity contribution in [2.24, 2.45) is 0 Å². The Labute approximate surface area is 157 Å². The molecule has 142 valence electrons. The summed E-state index contributed by atoms with van der Waals surface area (Å²) >= 11 is 5.88. The van der Waals surface area contributed by atoms with E-state index >= 15 is 0 Å². The van der Waals surface area contributed by atoms with Crippen molar-refractivity contribution in [3.8, 4) is 5.75 Å². The van der Waals surface area contributed by atoms with Crippen molar-refractivity contribution < 1.29 is 23.1 Å². The number of aromatic nitrogens is 2. The van der Waals surface area contributed by atoms with Crippen molar-refractivity contribution in [1.29, 1.82) is 0 Å². The maximum atomic E-state index is 12.8. The van der Waals surface area contributed by atoms with Crippen LogP contribution >= 0.6 is 11.6 Å². The van der Waals surface area contributed by atoms with Crippen molar-refractivity contribution in [3.05, 3.63) is 64.6 Å². The molecule has 0 unspecified atom stereocenters. The van der Waals surface area contributed by atoms with Gasteiger partial charge in [0.25, 0.3) is 0 Å². The van der Waals surface area contributed by atoms with E-state index in [1.54, 1.807) is 24.3 Å². The number of alkyl halides is 3. The third kappa shape index (κ3) is 4.71. The molecule has 0 fully saturated rings. The van der Waals surface area contributed by atoms with E-state index in [1.807, 2.05) is 0 Å². The zero-order chi connectivity index (χ0) is 19.6. The first-order chi connectivity index (χ1) is 12.7. The number of amides is 1. The van der Waals surface area contributed by atoms with Gasteiger partial charge in [-0.05, 0) is 30.2 Å². The molecule has 1 aromatic carbocycles. The van der Waals surface area contributed by atoms with Crippen LogP contribution in [0.5, 0.6) is 5.75 Å². The molecule has 0 spiro atoms. The van der Waals surface area contributed by atoms with Crippen LogP contribution in [0.1, 0.15) is 16.8 Å². The van der Waals surface area contributed by atoms with Gasteiger partial charge in [-0.3, -0.25) is 4.79 Å². The van der Waals surface area contributed by atoms with E-state index in [0.29, 0.717) is 18.7 Å². The van der Waals surface area contributed by atoms with Gasteiger partial charge in [0.15, 0.2) is 5.65 Å². The van der Waals surface area contributed by atoms with Crippen LogP contribution in [0.15, 0.2) is 42.7 Å². The quantitative estimate of drug-likeness (QED) is 0.691. The Hall–Kier alpha value is -2.74. The Balaban J connectivity index is 1.63. The van der Waals surface area contributed by atoms with E-state index in [2.05, 4.69) is 10.3 Å². The number of nitrogens with zero attached hydrogens (tertiary/aromatic N) is 2. The smallest absolute Gasteiger partial charge is 0.417 e. The van der Waals surface area contributed by atoms with Gasteiger partial charge >= 0.3 is 6.18 Å². The summed E-state index contributed by atoms with van der Waals surface area (Å²) in [6, 6.07) is 7.44. The Bertz CT molecular complexity index is 968. The van der Waals surface area contributed by atoms with Gasteiger partial charge < -0.3 is 14.8 Å². The molecule has 1 amide bonds. The average molecular weight is 398 g/mol. The van der Waals surface area contributed by atoms with E-state index in [4.69, 9.17) is 11.6 Å². The van der Waals surface area contributed by atoms with E-state index in [9.17, 15) is 23.1 Å². The number of hydrogen-bond donors (Lipinski definition) is 2. The molecule has 9 heteroatoms. The van der Waals surface area contributed by atoms with Gasteiger partial charge in [0.2, 0.25) is 5.91 Å². The number of phenolic OH excluding ortho intramolecular Hbond substituents is 1. The highest BCUT2D eigenvalue weighted by atomic mass is 35.5. The van der Waals surface area contributed by atoms with Crippen LogP contribution in [0.3, 0.4) is 0 Å². The maximum Gasteiger partial charge on any atom is 0.417 e. The molecule has 3 rings (SSSR count). The van der Waals surface area contributed by atoms with Gasteiger partial charge in [-0.15, -0.1) is 0 Å². The lowest BCUT2D eigenvalue weighted by atomic mass is 10.1. The minimum absolute atomic E-state index is 0.0745. The fraction of sp³-hybridized carbons (Fsp3) is 0.222. The molecular formula is C18H15ClF3N3O2. The normalized spacial score (nSPS) is 11.7. The minimum Gasteiger partial charge on any atom is -0.508 e. The SMILES string of the molecule is O=C(Cc1cn2cc(C(F)(F)F)cc(Cl)c2n1)NCCc1ccc(O)cc1. The van der Waals surface area contributed by atoms with Crippen LogP contribution < -0.4 is 5.32 Å². The van der Waals surface area contributed by atoms with E-state index < -0.39 is 11.7 Å². The molecule has 2 heterocycles. The number of fused-ring (bicyclic) bond motifs is 1. The number of rotatable bonds is 5. The summed E-state index contributed by atoms with van der Waals surface area (Å²) in [5, 5.41) is 11.8. The molecule has 2 aromatic heterocycles. The molecule has 5 nitrogen and oxygen atoms in total. The number of imidazole rings is 1. The fourth-order valence-electron chi connectivity index (χ4n) is 2.58. The van der Waals surface area contributed by atoms with Gasteiger partial charge in [0.05, 0.1) is 22.7 Å². The second-order valence-corrected chi connectivity index (χ2v) is 6.39. The number of pyridine rings is 1. The number of hydrogen-bond acceptors (Lipinski definition) is 3. The zero-order valence-electron chi connectivity index (χ0n) is 13.9. The third-order valence-electron chi connectivity index (χ3n) is 3.90. The standard InChI is InChI=1S/C18H15ClF3N3O2/c19-15-7-12(18(20,21)22)9-25-10-13(24-17(15)25)8-16(27)23-6-5-11-1-3-14(26)4-2-11/h1-4,7,9-10,26H,5-6,8H2,(H,23,27). The minimum atomic E-state index is -4.52. The second kappa shape index (κ2) is 7.48. The predicted octanol–water partition coefficient (Wildman–Crippen LogP) is 3.61. The van der Waals surface area contributed by atoms with Crippen molar-refractivity contribution in [1.82, 2.24) is 14.7 Å². The molecule has 3 aromatic rings. The van der Waals surface area contributed by atoms with Crippen LogP contribution in [0, 0.1) is 0 Å². The topological polar surface area (TPSA) is 66.6 Å². The first kappa shape index (κ1) is 19.0. The van der Waals surface area contributed by atoms with Gasteiger partial charge in [-0.1, -0.05) is 23.7 Å². The summed E-state index contributed by atoms with van der Waals surface area (Å²) in [6.07, 6.45) is -1.77. The molecule has 27 heavy (non-hydrogen) atoms. The Morgan fingerprint density at radius 3 is 2.59 bits per heavy atom. The summed E-state index contributed by atoms with van der Waals surface area (Å²) in [5.41, 5.74) is 0.546. The fourth-order valence-corrected chi connectivity index (χ4v) is 2.84. The Kier molecular flexibility index (Phi) is 5.27. The lowest BCUT2D eigenvalue weighted by Gasteiger charge is -2.07. The number of phenols is 1. The summed E-state index contributed by atoms with van der Waals surface area (Å²) in [4.78, 5) is 16.2. The molecule has 0 aliphatic carbocycles. The molecule has 0 radical (unpaired) electrons. The summed E-state index contributed by atoms with van der Waals surface area (Å²) < 4.78 is 39.7. The highest BCUT2D eigenvalue weighted by Crippen LogP contribution is 2.32. The van der Waals surface area contributed by atoms with Crippen LogP contribution in [0.4, 0.5) is 13.2 Å². The first-order valence-electron chi connectivity index (χ1n) is 8.01. The highest BCUT2D eigenvalue weighted by Gasteiger charge is 2.31. The number of carbonyl (C=O) groups is 1. The number of nitrogens with one attached hydrogen (secondary N) is 1. The second-order valence-electron chi connectivity index (χ2n) is 5.98. The molecular weight excluding hydrogens is 383 g/mol. The van der Waals surface area contributed by atoms with Gasteiger partial charge in [0.1, 0.15) is 5.75 Å². The third-order valence-corrected chi connectivity index (χ3v) is 4.18. The average Bonchev–Trinajstić information content (AvgIpc) is 2.99. The zero-order valence-corrected chi connectivity index (χ0v) is 14.7. The molecule has 0 aliphatic heterocycles. The highest BCUT2D eigenvalue weighted by molar-refractivity contribution is 6.33. The van der Waals surface area contributed by atoms with Gasteiger partial charge in [-0.25, -0.2) is 4.98 Å². The van der Waals surface area contributed by atoms with Crippen LogP contribution in [-0.2, 0) is 23.8 Å². The molecule has 2 N–H and O–H groups in total. The molecule has 0 saturated carbocycles. The lowest BCUT2D eigenvalue weighted by Crippen LogP contribution is -2.27. The van der Waals surface area contributed by atoms with Gasteiger partial charge in [0, 0.05) is 18.9 Å². The Morgan fingerprint density at radius 2 is 1.93 bits per heavy atom. The largest absolute Gasteiger partial charge is 0.508 e. The number of benzene rings is 1. The maximum absolute atomic E-state index is 12.8. The predicted molar refractivity (Wildman–Crippen MR) is 93.7 cm³/mol. The number of halogens is 4. The van der Waals surface area contributed by atoms with Crippen molar-refractivity contribution >= 4 is 23.2 Å². The molecule has 0 aliphatic rings. The van der Waals surface area contributed by atoms with E-state index in [-0.39, 0.29) is 28.7 Å². The van der Waals surface area contributed by atoms with Crippen LogP contribution in [-0.4, -0.2) is 26.9 Å². The van der Waals surface area contributed by atoms with E-state index in [1.165, 1.54) is 10.6 Å². The molecule has 0 bridgehead atoms. The number of aromatic hydroxyl groups is 1. The summed E-state index contributed by atoms with van der Waals surface area (Å²) in [6.45, 7) is 0.385. The monoisotopic (exact) mass is 397 g/mol. The van der Waals surface area contributed by atoms with Gasteiger partial charge in [-0.2, -0.15) is 13.2 Å². The van der Waals surface area contributed by atoms with Crippen LogP contribution in [0.25, 0.3) is 5.65 Å².